The van der Waals surface area contributed by atoms with Crippen LogP contribution in [-0.4, -0.2) is 56.7 Å². The standard InChI is InChI=1S/C21H33N3O4/c1-13(2)10-22-20(25)18-12-24(21(26)23-14(3)4)11-17(18)16-9-15(27-5)7-8-19(16)28-6/h7-9,13-14,17-18H,10-12H2,1-6H3,(H,22,25)(H,23,26)/t17-,18-/m0/s1. The van der Waals surface area contributed by atoms with Gasteiger partial charge in [-0.25, -0.2) is 4.79 Å². The highest BCUT2D eigenvalue weighted by Gasteiger charge is 2.41. The molecule has 7 nitrogen and oxygen atoms in total. The van der Waals surface area contributed by atoms with Crippen molar-refractivity contribution in [3.05, 3.63) is 23.8 Å². The van der Waals surface area contributed by atoms with Crippen LogP contribution >= 0.6 is 0 Å². The predicted octanol–water partition coefficient (Wildman–Crippen LogP) is 2.61. The van der Waals surface area contributed by atoms with Crippen LogP contribution in [0.2, 0.25) is 0 Å². The van der Waals surface area contributed by atoms with Crippen LogP contribution < -0.4 is 20.1 Å². The number of carbonyl (C=O) groups excluding carboxylic acids is 2. The van der Waals surface area contributed by atoms with E-state index in [4.69, 9.17) is 9.47 Å². The van der Waals surface area contributed by atoms with Crippen molar-refractivity contribution in [3.63, 3.8) is 0 Å². The van der Waals surface area contributed by atoms with Gasteiger partial charge in [-0.1, -0.05) is 13.8 Å². The van der Waals surface area contributed by atoms with Gasteiger partial charge >= 0.3 is 6.03 Å². The summed E-state index contributed by atoms with van der Waals surface area (Å²) in [6, 6.07) is 5.45. The average molecular weight is 392 g/mol. The van der Waals surface area contributed by atoms with Crippen LogP contribution in [0, 0.1) is 11.8 Å². The Morgan fingerprint density at radius 3 is 2.43 bits per heavy atom. The zero-order valence-electron chi connectivity index (χ0n) is 17.7. The molecule has 1 saturated heterocycles. The fraction of sp³-hybridized carbons (Fsp3) is 0.619. The number of amides is 3. The van der Waals surface area contributed by atoms with Crippen LogP contribution in [-0.2, 0) is 4.79 Å². The number of methoxy groups -OCH3 is 2. The summed E-state index contributed by atoms with van der Waals surface area (Å²) < 4.78 is 10.9. The van der Waals surface area contributed by atoms with E-state index in [0.717, 1.165) is 5.56 Å². The minimum absolute atomic E-state index is 0.0334. The molecule has 1 fully saturated rings. The smallest absolute Gasteiger partial charge is 0.317 e. The van der Waals surface area contributed by atoms with Gasteiger partial charge in [0.2, 0.25) is 5.91 Å². The van der Waals surface area contributed by atoms with E-state index in [-0.39, 0.29) is 29.8 Å². The predicted molar refractivity (Wildman–Crippen MR) is 109 cm³/mol. The first-order chi connectivity index (χ1) is 13.3. The lowest BCUT2D eigenvalue weighted by Gasteiger charge is -2.21. The summed E-state index contributed by atoms with van der Waals surface area (Å²) in [6.45, 7) is 9.37. The summed E-state index contributed by atoms with van der Waals surface area (Å²) >= 11 is 0. The lowest BCUT2D eigenvalue weighted by molar-refractivity contribution is -0.125. The Balaban J connectivity index is 2.33. The van der Waals surface area contributed by atoms with Crippen LogP contribution in [0.4, 0.5) is 4.79 Å². The third kappa shape index (κ3) is 5.30. The SMILES string of the molecule is COc1ccc(OC)c([C@@H]2CN(C(=O)NC(C)C)C[C@@H]2C(=O)NCC(C)C)c1. The van der Waals surface area contributed by atoms with Crippen molar-refractivity contribution in [1.29, 1.82) is 0 Å². The van der Waals surface area contributed by atoms with Crippen molar-refractivity contribution >= 4 is 11.9 Å². The molecule has 1 aromatic carbocycles. The first-order valence-electron chi connectivity index (χ1n) is 9.81. The van der Waals surface area contributed by atoms with Gasteiger partial charge in [0, 0.05) is 37.2 Å². The number of hydrogen-bond donors (Lipinski definition) is 2. The normalized spacial score (nSPS) is 19.1. The molecule has 2 atom stereocenters. The minimum atomic E-state index is -0.349. The largest absolute Gasteiger partial charge is 0.497 e. The molecule has 0 aromatic heterocycles. The number of nitrogens with one attached hydrogen (secondary N) is 2. The number of rotatable bonds is 7. The fourth-order valence-electron chi connectivity index (χ4n) is 3.45. The molecule has 1 aliphatic heterocycles. The molecule has 0 bridgehead atoms. The lowest BCUT2D eigenvalue weighted by Crippen LogP contribution is -2.42. The van der Waals surface area contributed by atoms with E-state index in [1.54, 1.807) is 19.1 Å². The highest BCUT2D eigenvalue weighted by molar-refractivity contribution is 5.83. The Kier molecular flexibility index (Phi) is 7.54. The van der Waals surface area contributed by atoms with Crippen LogP contribution in [0.3, 0.4) is 0 Å². The summed E-state index contributed by atoms with van der Waals surface area (Å²) in [5.74, 6) is 1.19. The Hall–Kier alpha value is -2.44. The quantitative estimate of drug-likeness (QED) is 0.749. The molecule has 1 aliphatic rings. The van der Waals surface area contributed by atoms with E-state index in [0.29, 0.717) is 37.1 Å². The maximum Gasteiger partial charge on any atom is 0.317 e. The fourth-order valence-corrected chi connectivity index (χ4v) is 3.45. The van der Waals surface area contributed by atoms with E-state index < -0.39 is 0 Å². The first-order valence-corrected chi connectivity index (χ1v) is 9.81. The number of urea groups is 1. The van der Waals surface area contributed by atoms with Crippen molar-refractivity contribution in [3.8, 4) is 11.5 Å². The van der Waals surface area contributed by atoms with Crippen LogP contribution in [0.5, 0.6) is 11.5 Å². The minimum Gasteiger partial charge on any atom is -0.497 e. The molecule has 1 heterocycles. The maximum atomic E-state index is 12.9. The molecule has 0 radical (unpaired) electrons. The van der Waals surface area contributed by atoms with Gasteiger partial charge in [0.15, 0.2) is 0 Å². The number of hydrogen-bond acceptors (Lipinski definition) is 4. The van der Waals surface area contributed by atoms with Crippen LogP contribution in [0.25, 0.3) is 0 Å². The third-order valence-corrected chi connectivity index (χ3v) is 4.88. The molecule has 0 aliphatic carbocycles. The molecule has 156 valence electrons. The molecular weight excluding hydrogens is 358 g/mol. The molecule has 2 N–H and O–H groups in total. The van der Waals surface area contributed by atoms with Gasteiger partial charge in [-0.15, -0.1) is 0 Å². The molecule has 2 rings (SSSR count). The Morgan fingerprint density at radius 2 is 1.86 bits per heavy atom. The number of likely N-dealkylation sites (tertiary alicyclic amines) is 1. The molecule has 0 spiro atoms. The monoisotopic (exact) mass is 391 g/mol. The third-order valence-electron chi connectivity index (χ3n) is 4.88. The van der Waals surface area contributed by atoms with E-state index in [9.17, 15) is 9.59 Å². The molecule has 1 aromatic rings. The molecule has 3 amide bonds. The van der Waals surface area contributed by atoms with Gasteiger partial charge in [-0.3, -0.25) is 4.79 Å². The summed E-state index contributed by atoms with van der Waals surface area (Å²) in [4.78, 5) is 27.2. The van der Waals surface area contributed by atoms with Crippen molar-refractivity contribution in [2.24, 2.45) is 11.8 Å². The van der Waals surface area contributed by atoms with Crippen molar-refractivity contribution in [2.75, 3.05) is 33.9 Å². The van der Waals surface area contributed by atoms with Crippen molar-refractivity contribution in [2.45, 2.75) is 39.7 Å². The number of nitrogens with zero attached hydrogens (tertiary/aromatic N) is 1. The highest BCUT2D eigenvalue weighted by atomic mass is 16.5. The van der Waals surface area contributed by atoms with E-state index >= 15 is 0 Å². The second-order valence-electron chi connectivity index (χ2n) is 7.97. The van der Waals surface area contributed by atoms with E-state index in [2.05, 4.69) is 24.5 Å². The number of ether oxygens (including phenoxy) is 2. The molecule has 7 heteroatoms. The van der Waals surface area contributed by atoms with Gasteiger partial charge in [-0.2, -0.15) is 0 Å². The Morgan fingerprint density at radius 1 is 1.14 bits per heavy atom. The lowest BCUT2D eigenvalue weighted by atomic mass is 9.87. The maximum absolute atomic E-state index is 12.9. The summed E-state index contributed by atoms with van der Waals surface area (Å²) in [7, 11) is 3.22. The second kappa shape index (κ2) is 9.66. The van der Waals surface area contributed by atoms with Gasteiger partial charge in [0.25, 0.3) is 0 Å². The topological polar surface area (TPSA) is 79.9 Å². The molecule has 0 saturated carbocycles. The summed E-state index contributed by atoms with van der Waals surface area (Å²) in [5, 5.41) is 5.94. The first kappa shape index (κ1) is 21.9. The second-order valence-corrected chi connectivity index (χ2v) is 7.97. The Bertz CT molecular complexity index is 690. The molecule has 28 heavy (non-hydrogen) atoms. The number of benzene rings is 1. The van der Waals surface area contributed by atoms with Crippen LogP contribution in [0.1, 0.15) is 39.2 Å². The highest BCUT2D eigenvalue weighted by Crippen LogP contribution is 2.39. The zero-order valence-corrected chi connectivity index (χ0v) is 17.7. The zero-order chi connectivity index (χ0) is 20.8. The van der Waals surface area contributed by atoms with E-state index in [1.807, 2.05) is 32.0 Å². The molecular formula is C21H33N3O4. The van der Waals surface area contributed by atoms with Crippen molar-refractivity contribution < 1.29 is 19.1 Å². The van der Waals surface area contributed by atoms with E-state index in [1.165, 1.54) is 0 Å². The van der Waals surface area contributed by atoms with Crippen LogP contribution in [0.15, 0.2) is 18.2 Å². The van der Waals surface area contributed by atoms with Gasteiger partial charge in [-0.05, 0) is 38.0 Å². The summed E-state index contributed by atoms with van der Waals surface area (Å²) in [5.41, 5.74) is 0.881. The molecule has 0 unspecified atom stereocenters. The Labute approximate surface area is 167 Å². The van der Waals surface area contributed by atoms with Crippen molar-refractivity contribution in [1.82, 2.24) is 15.5 Å². The van der Waals surface area contributed by atoms with Gasteiger partial charge in [0.05, 0.1) is 20.1 Å². The van der Waals surface area contributed by atoms with Gasteiger partial charge in [0.1, 0.15) is 11.5 Å². The van der Waals surface area contributed by atoms with Gasteiger partial charge < -0.3 is 25.0 Å². The number of carbonyl (C=O) groups is 2. The average Bonchev–Trinajstić information content (AvgIpc) is 3.10. The summed E-state index contributed by atoms with van der Waals surface area (Å²) in [6.07, 6.45) is 0.